The van der Waals surface area contributed by atoms with Crippen LogP contribution in [0.15, 0.2) is 54.6 Å². The first-order chi connectivity index (χ1) is 9.36. The van der Waals surface area contributed by atoms with E-state index >= 15 is 0 Å². The molecule has 2 aromatic carbocycles. The molecular weight excluding hydrogens is 230 g/mol. The van der Waals surface area contributed by atoms with E-state index in [2.05, 4.69) is 66.5 Å². The molecule has 1 aliphatic rings. The second-order valence-corrected chi connectivity index (χ2v) is 5.45. The van der Waals surface area contributed by atoms with Gasteiger partial charge in [-0.1, -0.05) is 61.0 Å². The van der Waals surface area contributed by atoms with E-state index in [1.165, 1.54) is 42.5 Å². The van der Waals surface area contributed by atoms with Crippen LogP contribution in [0, 0.1) is 0 Å². The average molecular weight is 251 g/mol. The van der Waals surface area contributed by atoms with Crippen LogP contribution in [0.3, 0.4) is 0 Å². The fraction of sp³-hybridized carbons (Fsp3) is 0.333. The number of piperidine rings is 1. The Kier molecular flexibility index (Phi) is 3.65. The van der Waals surface area contributed by atoms with Gasteiger partial charge in [-0.25, -0.2) is 0 Å². The zero-order valence-corrected chi connectivity index (χ0v) is 11.5. The first-order valence-electron chi connectivity index (χ1n) is 7.21. The molecule has 1 unspecified atom stereocenters. The Morgan fingerprint density at radius 3 is 2.42 bits per heavy atom. The number of nitrogens with zero attached hydrogens (tertiary/aromatic N) is 1. The summed E-state index contributed by atoms with van der Waals surface area (Å²) >= 11 is 0. The van der Waals surface area contributed by atoms with E-state index in [4.69, 9.17) is 0 Å². The lowest BCUT2D eigenvalue weighted by molar-refractivity contribution is 0.188. The summed E-state index contributed by atoms with van der Waals surface area (Å²) in [5.74, 6) is 0. The molecule has 0 saturated carbocycles. The third kappa shape index (κ3) is 2.57. The van der Waals surface area contributed by atoms with Crippen molar-refractivity contribution in [3.8, 4) is 11.1 Å². The Bertz CT molecular complexity index is 532. The SMILES string of the molecule is CN1CCCCC1c1ccccc1-c1ccccc1. The molecule has 3 rings (SSSR count). The van der Waals surface area contributed by atoms with Gasteiger partial charge in [-0.3, -0.25) is 4.90 Å². The van der Waals surface area contributed by atoms with Gasteiger partial charge in [0, 0.05) is 6.04 Å². The van der Waals surface area contributed by atoms with E-state index in [1.54, 1.807) is 0 Å². The van der Waals surface area contributed by atoms with Gasteiger partial charge >= 0.3 is 0 Å². The summed E-state index contributed by atoms with van der Waals surface area (Å²) in [5.41, 5.74) is 4.20. The molecule has 1 heteroatoms. The molecule has 0 spiro atoms. The molecule has 0 radical (unpaired) electrons. The third-order valence-corrected chi connectivity index (χ3v) is 4.18. The van der Waals surface area contributed by atoms with Crippen molar-refractivity contribution in [3.63, 3.8) is 0 Å². The summed E-state index contributed by atoms with van der Waals surface area (Å²) in [6.07, 6.45) is 3.96. The van der Waals surface area contributed by atoms with Crippen LogP contribution < -0.4 is 0 Å². The third-order valence-electron chi connectivity index (χ3n) is 4.18. The van der Waals surface area contributed by atoms with Gasteiger partial charge in [0.05, 0.1) is 0 Å². The number of likely N-dealkylation sites (tertiary alicyclic amines) is 1. The zero-order valence-electron chi connectivity index (χ0n) is 11.5. The predicted octanol–water partition coefficient (Wildman–Crippen LogP) is 4.51. The molecule has 0 aliphatic carbocycles. The normalized spacial score (nSPS) is 20.4. The molecule has 0 bridgehead atoms. The molecule has 0 N–H and O–H groups in total. The van der Waals surface area contributed by atoms with E-state index in [0.29, 0.717) is 6.04 Å². The van der Waals surface area contributed by atoms with Gasteiger partial charge in [-0.2, -0.15) is 0 Å². The topological polar surface area (TPSA) is 3.24 Å². The number of rotatable bonds is 2. The van der Waals surface area contributed by atoms with Gasteiger partial charge in [0.15, 0.2) is 0 Å². The van der Waals surface area contributed by atoms with Crippen LogP contribution in [0.25, 0.3) is 11.1 Å². The Hall–Kier alpha value is -1.60. The zero-order chi connectivity index (χ0) is 13.1. The maximum atomic E-state index is 2.51. The highest BCUT2D eigenvalue weighted by molar-refractivity contribution is 5.67. The fourth-order valence-electron chi connectivity index (χ4n) is 3.14. The first kappa shape index (κ1) is 12.4. The van der Waals surface area contributed by atoms with Crippen molar-refractivity contribution in [1.82, 2.24) is 4.90 Å². The van der Waals surface area contributed by atoms with Crippen LogP contribution >= 0.6 is 0 Å². The van der Waals surface area contributed by atoms with Crippen LogP contribution in [-0.4, -0.2) is 18.5 Å². The second-order valence-electron chi connectivity index (χ2n) is 5.45. The van der Waals surface area contributed by atoms with E-state index in [1.807, 2.05) is 0 Å². The maximum Gasteiger partial charge on any atom is 0.0351 e. The quantitative estimate of drug-likeness (QED) is 0.759. The summed E-state index contributed by atoms with van der Waals surface area (Å²) in [4.78, 5) is 2.51. The van der Waals surface area contributed by atoms with E-state index in [-0.39, 0.29) is 0 Å². The summed E-state index contributed by atoms with van der Waals surface area (Å²) in [6.45, 7) is 1.22. The highest BCUT2D eigenvalue weighted by atomic mass is 15.1. The largest absolute Gasteiger partial charge is 0.299 e. The van der Waals surface area contributed by atoms with Crippen molar-refractivity contribution in [2.75, 3.05) is 13.6 Å². The molecule has 1 atom stereocenters. The summed E-state index contributed by atoms with van der Waals surface area (Å²) in [7, 11) is 2.26. The summed E-state index contributed by atoms with van der Waals surface area (Å²) in [6, 6.07) is 20.2. The lowest BCUT2D eigenvalue weighted by Crippen LogP contribution is -2.29. The predicted molar refractivity (Wildman–Crippen MR) is 81.1 cm³/mol. The molecule has 2 aromatic rings. The van der Waals surface area contributed by atoms with Gasteiger partial charge in [-0.15, -0.1) is 0 Å². The van der Waals surface area contributed by atoms with Gasteiger partial charge in [0.25, 0.3) is 0 Å². The second kappa shape index (κ2) is 5.58. The minimum absolute atomic E-state index is 0.574. The molecule has 98 valence electrons. The number of benzene rings is 2. The molecule has 1 fully saturated rings. The van der Waals surface area contributed by atoms with Crippen LogP contribution in [-0.2, 0) is 0 Å². The lowest BCUT2D eigenvalue weighted by Gasteiger charge is -2.34. The summed E-state index contributed by atoms with van der Waals surface area (Å²) in [5, 5.41) is 0. The van der Waals surface area contributed by atoms with Crippen LogP contribution in [0.4, 0.5) is 0 Å². The van der Waals surface area contributed by atoms with Gasteiger partial charge in [0.1, 0.15) is 0 Å². The molecular formula is C18H21N. The van der Waals surface area contributed by atoms with Crippen molar-refractivity contribution < 1.29 is 0 Å². The molecule has 0 aromatic heterocycles. The van der Waals surface area contributed by atoms with Crippen molar-refractivity contribution in [1.29, 1.82) is 0 Å². The van der Waals surface area contributed by atoms with Crippen LogP contribution in [0.5, 0.6) is 0 Å². The molecule has 0 amide bonds. The van der Waals surface area contributed by atoms with Crippen LogP contribution in [0.2, 0.25) is 0 Å². The Morgan fingerprint density at radius 1 is 0.895 bits per heavy atom. The summed E-state index contributed by atoms with van der Waals surface area (Å²) < 4.78 is 0. The molecule has 1 heterocycles. The van der Waals surface area contributed by atoms with Crippen molar-refractivity contribution in [3.05, 3.63) is 60.2 Å². The first-order valence-corrected chi connectivity index (χ1v) is 7.21. The highest BCUT2D eigenvalue weighted by Crippen LogP contribution is 2.35. The van der Waals surface area contributed by atoms with E-state index < -0.39 is 0 Å². The standard InChI is InChI=1S/C18H21N/c1-19-14-8-7-13-18(19)17-12-6-5-11-16(17)15-9-3-2-4-10-15/h2-6,9-12,18H,7-8,13-14H2,1H3. The molecule has 1 aliphatic heterocycles. The minimum atomic E-state index is 0.574. The van der Waals surface area contributed by atoms with Crippen molar-refractivity contribution in [2.45, 2.75) is 25.3 Å². The van der Waals surface area contributed by atoms with Gasteiger partial charge in [0.2, 0.25) is 0 Å². The van der Waals surface area contributed by atoms with E-state index in [0.717, 1.165) is 0 Å². The molecule has 19 heavy (non-hydrogen) atoms. The molecule has 1 nitrogen and oxygen atoms in total. The molecule has 1 saturated heterocycles. The monoisotopic (exact) mass is 251 g/mol. The van der Waals surface area contributed by atoms with E-state index in [9.17, 15) is 0 Å². The number of hydrogen-bond acceptors (Lipinski definition) is 1. The Morgan fingerprint density at radius 2 is 1.63 bits per heavy atom. The van der Waals surface area contributed by atoms with Gasteiger partial charge < -0.3 is 0 Å². The average Bonchev–Trinajstić information content (AvgIpc) is 2.49. The Labute approximate surface area is 115 Å². The fourth-order valence-corrected chi connectivity index (χ4v) is 3.14. The van der Waals surface area contributed by atoms with Gasteiger partial charge in [-0.05, 0) is 43.1 Å². The number of hydrogen-bond donors (Lipinski definition) is 0. The van der Waals surface area contributed by atoms with Crippen molar-refractivity contribution in [2.24, 2.45) is 0 Å². The highest BCUT2D eigenvalue weighted by Gasteiger charge is 2.22. The Balaban J connectivity index is 2.02. The smallest absolute Gasteiger partial charge is 0.0351 e. The lowest BCUT2D eigenvalue weighted by atomic mass is 9.89. The minimum Gasteiger partial charge on any atom is -0.299 e. The van der Waals surface area contributed by atoms with Crippen molar-refractivity contribution >= 4 is 0 Å². The van der Waals surface area contributed by atoms with Crippen LogP contribution in [0.1, 0.15) is 30.9 Å². The maximum absolute atomic E-state index is 2.51.